The molecule has 9 heteroatoms. The van der Waals surface area contributed by atoms with E-state index in [4.69, 9.17) is 25.4 Å². The van der Waals surface area contributed by atoms with Crippen LogP contribution in [0.15, 0.2) is 0 Å². The molecule has 0 saturated heterocycles. The Kier molecular flexibility index (Phi) is 27.6. The van der Waals surface area contributed by atoms with Crippen LogP contribution in [0.25, 0.3) is 0 Å². The maximum Gasteiger partial charge on any atom is 0.264 e. The van der Waals surface area contributed by atoms with Gasteiger partial charge in [-0.2, -0.15) is 8.42 Å². The van der Waals surface area contributed by atoms with Crippen molar-refractivity contribution in [2.75, 3.05) is 24.7 Å². The normalized spacial score (nSPS) is 12.4. The minimum atomic E-state index is -3.90. The Bertz CT molecular complexity index is 601. The minimum Gasteiger partial charge on any atom is -0.322 e. The lowest BCUT2D eigenvalue weighted by molar-refractivity contribution is 0.249. The predicted octanol–water partition coefficient (Wildman–Crippen LogP) is 10.5. The standard InChI is InChI=1S/C28H59O5PS3/c1-3-5-7-9-11-13-15-17-19-21-25-32-34(35,36-27-23-24-28-37(29,30)31)33-26-22-20-18-16-14-12-10-8-6-4-2/h3-28H2,1-2H3,(H,29,30,31). The molecule has 0 rings (SSSR count). The molecule has 37 heavy (non-hydrogen) atoms. The molecular formula is C28H59O5PS3. The summed E-state index contributed by atoms with van der Waals surface area (Å²) < 4.78 is 43.1. The van der Waals surface area contributed by atoms with Gasteiger partial charge in [-0.15, -0.1) is 0 Å². The van der Waals surface area contributed by atoms with Crippen molar-refractivity contribution in [2.24, 2.45) is 0 Å². The van der Waals surface area contributed by atoms with E-state index in [0.29, 0.717) is 31.8 Å². The SMILES string of the molecule is CCCCCCCCCCCCOP(=S)(OCCCCCCCCCCCC)SCCCCS(=O)(=O)O. The van der Waals surface area contributed by atoms with Crippen LogP contribution < -0.4 is 0 Å². The summed E-state index contributed by atoms with van der Waals surface area (Å²) >= 11 is 7.37. The highest BCUT2D eigenvalue weighted by molar-refractivity contribution is 8.67. The molecule has 0 saturated carbocycles. The molecular weight excluding hydrogens is 543 g/mol. The van der Waals surface area contributed by atoms with Gasteiger partial charge in [-0.1, -0.05) is 141 Å². The van der Waals surface area contributed by atoms with Crippen LogP contribution in [0.5, 0.6) is 0 Å². The van der Waals surface area contributed by atoms with E-state index in [9.17, 15) is 8.42 Å². The van der Waals surface area contributed by atoms with Gasteiger partial charge in [0.05, 0.1) is 19.0 Å². The zero-order valence-electron chi connectivity index (χ0n) is 24.1. The van der Waals surface area contributed by atoms with Crippen LogP contribution in [0.2, 0.25) is 0 Å². The monoisotopic (exact) mass is 602 g/mol. The van der Waals surface area contributed by atoms with Gasteiger partial charge in [0.15, 0.2) is 0 Å². The fraction of sp³-hybridized carbons (Fsp3) is 1.00. The third kappa shape index (κ3) is 29.6. The van der Waals surface area contributed by atoms with E-state index in [1.165, 1.54) is 116 Å². The second-order valence-electron chi connectivity index (χ2n) is 10.3. The van der Waals surface area contributed by atoms with Crippen molar-refractivity contribution < 1.29 is 22.0 Å². The third-order valence-electron chi connectivity index (χ3n) is 6.54. The van der Waals surface area contributed by atoms with Crippen molar-refractivity contribution in [3.63, 3.8) is 0 Å². The van der Waals surface area contributed by atoms with Gasteiger partial charge in [0.25, 0.3) is 10.1 Å². The Morgan fingerprint density at radius 2 is 0.946 bits per heavy atom. The lowest BCUT2D eigenvalue weighted by Gasteiger charge is -2.21. The molecule has 5 nitrogen and oxygen atoms in total. The molecule has 0 aliphatic rings. The number of rotatable bonds is 30. The van der Waals surface area contributed by atoms with Gasteiger partial charge in [0.1, 0.15) is 0 Å². The summed E-state index contributed by atoms with van der Waals surface area (Å²) in [6.07, 6.45) is 26.8. The van der Waals surface area contributed by atoms with Crippen LogP contribution in [-0.4, -0.2) is 37.7 Å². The fourth-order valence-electron chi connectivity index (χ4n) is 4.21. The number of hydrogen-bond acceptors (Lipinski definition) is 6. The summed E-state index contributed by atoms with van der Waals surface area (Å²) in [5, 5.41) is 0. The Labute approximate surface area is 240 Å². The molecule has 0 unspecified atom stereocenters. The summed E-state index contributed by atoms with van der Waals surface area (Å²) in [4.78, 5) is 0. The highest BCUT2D eigenvalue weighted by Gasteiger charge is 2.20. The topological polar surface area (TPSA) is 72.8 Å². The first kappa shape index (κ1) is 37.8. The van der Waals surface area contributed by atoms with Gasteiger partial charge >= 0.3 is 0 Å². The van der Waals surface area contributed by atoms with E-state index >= 15 is 0 Å². The maximum absolute atomic E-state index is 10.9. The van der Waals surface area contributed by atoms with Crippen molar-refractivity contribution >= 4 is 39.0 Å². The van der Waals surface area contributed by atoms with Crippen LogP contribution in [0.3, 0.4) is 0 Å². The number of unbranched alkanes of at least 4 members (excludes halogenated alkanes) is 19. The lowest BCUT2D eigenvalue weighted by atomic mass is 10.1. The van der Waals surface area contributed by atoms with Crippen molar-refractivity contribution in [1.29, 1.82) is 0 Å². The fourth-order valence-corrected chi connectivity index (χ4v) is 9.33. The lowest BCUT2D eigenvalue weighted by Crippen LogP contribution is -2.04. The minimum absolute atomic E-state index is 0.199. The molecule has 0 fully saturated rings. The average molecular weight is 603 g/mol. The van der Waals surface area contributed by atoms with Crippen molar-refractivity contribution in [2.45, 2.75) is 155 Å². The van der Waals surface area contributed by atoms with E-state index < -0.39 is 15.8 Å². The van der Waals surface area contributed by atoms with Crippen molar-refractivity contribution in [3.8, 4) is 0 Å². The summed E-state index contributed by atoms with van der Waals surface area (Å²) in [6.45, 7) is 5.80. The van der Waals surface area contributed by atoms with Crippen molar-refractivity contribution in [1.82, 2.24) is 0 Å². The van der Waals surface area contributed by atoms with E-state index in [1.54, 1.807) is 11.4 Å². The first-order valence-corrected chi connectivity index (χ1v) is 21.2. The summed E-state index contributed by atoms with van der Waals surface area (Å²) in [7, 11) is -3.90. The zero-order chi connectivity index (χ0) is 27.5. The van der Waals surface area contributed by atoms with Gasteiger partial charge in [0.2, 0.25) is 5.69 Å². The Morgan fingerprint density at radius 1 is 0.595 bits per heavy atom. The number of hydrogen-bond donors (Lipinski definition) is 1. The van der Waals surface area contributed by atoms with Crippen molar-refractivity contribution in [3.05, 3.63) is 0 Å². The zero-order valence-corrected chi connectivity index (χ0v) is 27.5. The van der Waals surface area contributed by atoms with Crippen LogP contribution in [0, 0.1) is 0 Å². The van der Waals surface area contributed by atoms with Gasteiger partial charge < -0.3 is 9.05 Å². The van der Waals surface area contributed by atoms with E-state index in [1.807, 2.05) is 0 Å². The Morgan fingerprint density at radius 3 is 1.30 bits per heavy atom. The summed E-state index contributed by atoms with van der Waals surface area (Å²) in [5.74, 6) is 0.498. The first-order chi connectivity index (χ1) is 17.8. The van der Waals surface area contributed by atoms with Crippen LogP contribution >= 0.6 is 17.1 Å². The quantitative estimate of drug-likeness (QED) is 0.0498. The highest BCUT2D eigenvalue weighted by atomic mass is 32.9. The molecule has 0 amide bonds. The van der Waals surface area contributed by atoms with Gasteiger partial charge in [-0.3, -0.25) is 4.55 Å². The Hall–Kier alpha value is 0.830. The molecule has 0 aromatic rings. The Balaban J connectivity index is 4.09. The van der Waals surface area contributed by atoms with E-state index in [-0.39, 0.29) is 5.75 Å². The molecule has 0 aliphatic heterocycles. The van der Waals surface area contributed by atoms with Gasteiger partial charge in [0, 0.05) is 5.75 Å². The molecule has 0 aliphatic carbocycles. The smallest absolute Gasteiger partial charge is 0.264 e. The van der Waals surface area contributed by atoms with Gasteiger partial charge in [-0.05, 0) is 37.5 Å². The van der Waals surface area contributed by atoms with Gasteiger partial charge in [-0.25, -0.2) is 0 Å². The highest BCUT2D eigenvalue weighted by Crippen LogP contribution is 2.61. The van der Waals surface area contributed by atoms with E-state index in [2.05, 4.69) is 13.8 Å². The largest absolute Gasteiger partial charge is 0.322 e. The third-order valence-corrected chi connectivity index (χ3v) is 12.8. The molecule has 0 spiro atoms. The summed E-state index contributed by atoms with van der Waals surface area (Å²) in [5.41, 5.74) is -2.42. The first-order valence-electron chi connectivity index (χ1n) is 15.3. The molecule has 0 aromatic carbocycles. The molecule has 224 valence electrons. The van der Waals surface area contributed by atoms with Crippen LogP contribution in [0.4, 0.5) is 0 Å². The molecule has 0 bridgehead atoms. The maximum atomic E-state index is 10.9. The predicted molar refractivity (Wildman–Crippen MR) is 168 cm³/mol. The molecule has 1 N–H and O–H groups in total. The van der Waals surface area contributed by atoms with E-state index in [0.717, 1.165) is 12.8 Å². The summed E-state index contributed by atoms with van der Waals surface area (Å²) in [6, 6.07) is 0. The van der Waals surface area contributed by atoms with Crippen LogP contribution in [0.1, 0.15) is 155 Å². The molecule has 0 heterocycles. The molecule has 0 aromatic heterocycles. The second kappa shape index (κ2) is 27.0. The average Bonchev–Trinajstić information content (AvgIpc) is 2.85. The van der Waals surface area contributed by atoms with Crippen LogP contribution in [-0.2, 0) is 31.0 Å². The second-order valence-corrected chi connectivity index (χ2v) is 18.3. The molecule has 0 atom stereocenters. The molecule has 0 radical (unpaired) electrons.